The van der Waals surface area contributed by atoms with Crippen LogP contribution in [0.5, 0.6) is 0 Å². The number of rotatable bonds is 3. The highest BCUT2D eigenvalue weighted by Crippen LogP contribution is 2.21. The van der Waals surface area contributed by atoms with Gasteiger partial charge in [0.05, 0.1) is 12.7 Å². The molecule has 0 aliphatic rings. The first kappa shape index (κ1) is 10.2. The zero-order valence-corrected chi connectivity index (χ0v) is 8.07. The lowest BCUT2D eigenvalue weighted by molar-refractivity contribution is 0.127. The molecule has 1 aromatic rings. The minimum absolute atomic E-state index is 0.0536. The van der Waals surface area contributed by atoms with Crippen LogP contribution in [0, 0.1) is 5.92 Å². The maximum Gasteiger partial charge on any atom is 0.0812 e. The van der Waals surface area contributed by atoms with Crippen molar-refractivity contribution >= 4 is 0 Å². The second-order valence-corrected chi connectivity index (χ2v) is 3.59. The molecule has 0 amide bonds. The molecule has 0 aromatic heterocycles. The van der Waals surface area contributed by atoms with Gasteiger partial charge in [-0.2, -0.15) is 0 Å². The van der Waals surface area contributed by atoms with E-state index < -0.39 is 6.10 Å². The number of aliphatic hydroxyl groups is 2. The van der Waals surface area contributed by atoms with Gasteiger partial charge in [0.2, 0.25) is 0 Å². The van der Waals surface area contributed by atoms with E-state index in [-0.39, 0.29) is 12.5 Å². The molecule has 1 atom stereocenters. The first-order chi connectivity index (χ1) is 6.15. The van der Waals surface area contributed by atoms with Crippen LogP contribution in [0.2, 0.25) is 0 Å². The quantitative estimate of drug-likeness (QED) is 0.745. The fourth-order valence-corrected chi connectivity index (χ4v) is 1.21. The third kappa shape index (κ3) is 2.54. The number of aliphatic hydroxyl groups excluding tert-OH is 2. The average molecular weight is 180 g/mol. The minimum atomic E-state index is -0.409. The summed E-state index contributed by atoms with van der Waals surface area (Å²) < 4.78 is 0. The average Bonchev–Trinajstić information content (AvgIpc) is 2.17. The van der Waals surface area contributed by atoms with Crippen LogP contribution in [0.3, 0.4) is 0 Å². The third-order valence-corrected chi connectivity index (χ3v) is 2.14. The standard InChI is InChI=1S/C11H16O2/c1-8(2)11(13)10-5-3-9(7-12)4-6-10/h3-6,8,11-13H,7H2,1-2H3. The lowest BCUT2D eigenvalue weighted by Gasteiger charge is -2.14. The number of benzene rings is 1. The van der Waals surface area contributed by atoms with Crippen LogP contribution in [0.25, 0.3) is 0 Å². The van der Waals surface area contributed by atoms with E-state index >= 15 is 0 Å². The predicted octanol–water partition coefficient (Wildman–Crippen LogP) is 1.87. The van der Waals surface area contributed by atoms with Crippen molar-refractivity contribution in [2.75, 3.05) is 0 Å². The van der Waals surface area contributed by atoms with Gasteiger partial charge in [0, 0.05) is 0 Å². The Morgan fingerprint density at radius 2 is 1.69 bits per heavy atom. The van der Waals surface area contributed by atoms with E-state index in [1.165, 1.54) is 0 Å². The molecular weight excluding hydrogens is 164 g/mol. The first-order valence-corrected chi connectivity index (χ1v) is 4.53. The van der Waals surface area contributed by atoms with E-state index in [1.54, 1.807) is 0 Å². The summed E-state index contributed by atoms with van der Waals surface area (Å²) in [4.78, 5) is 0. The predicted molar refractivity (Wildman–Crippen MR) is 52.2 cm³/mol. The van der Waals surface area contributed by atoms with E-state index in [0.29, 0.717) is 0 Å². The van der Waals surface area contributed by atoms with Crippen LogP contribution in [0.15, 0.2) is 24.3 Å². The van der Waals surface area contributed by atoms with Crippen LogP contribution in [-0.4, -0.2) is 10.2 Å². The monoisotopic (exact) mass is 180 g/mol. The van der Waals surface area contributed by atoms with Crippen molar-refractivity contribution in [2.45, 2.75) is 26.6 Å². The molecule has 0 bridgehead atoms. The summed E-state index contributed by atoms with van der Waals surface area (Å²) in [5.41, 5.74) is 1.78. The summed E-state index contributed by atoms with van der Waals surface area (Å²) in [6, 6.07) is 7.38. The van der Waals surface area contributed by atoms with E-state index in [4.69, 9.17) is 5.11 Å². The van der Waals surface area contributed by atoms with Gasteiger partial charge in [-0.25, -0.2) is 0 Å². The van der Waals surface area contributed by atoms with Crippen LogP contribution >= 0.6 is 0 Å². The third-order valence-electron chi connectivity index (χ3n) is 2.14. The Hall–Kier alpha value is -0.860. The Morgan fingerprint density at radius 3 is 2.08 bits per heavy atom. The Kier molecular flexibility index (Phi) is 3.46. The van der Waals surface area contributed by atoms with E-state index in [1.807, 2.05) is 38.1 Å². The highest BCUT2D eigenvalue weighted by molar-refractivity contribution is 5.23. The van der Waals surface area contributed by atoms with Crippen molar-refractivity contribution in [1.29, 1.82) is 0 Å². The molecule has 2 nitrogen and oxygen atoms in total. The maximum absolute atomic E-state index is 9.70. The van der Waals surface area contributed by atoms with Gasteiger partial charge >= 0.3 is 0 Å². The fourth-order valence-electron chi connectivity index (χ4n) is 1.21. The zero-order chi connectivity index (χ0) is 9.84. The van der Waals surface area contributed by atoms with Gasteiger partial charge in [-0.05, 0) is 17.0 Å². The molecule has 0 heterocycles. The van der Waals surface area contributed by atoms with Crippen LogP contribution in [0.1, 0.15) is 31.1 Å². The van der Waals surface area contributed by atoms with Crippen LogP contribution in [-0.2, 0) is 6.61 Å². The minimum Gasteiger partial charge on any atom is -0.392 e. The molecule has 0 aliphatic heterocycles. The summed E-state index contributed by atoms with van der Waals surface area (Å²) in [5, 5.41) is 18.5. The van der Waals surface area contributed by atoms with Gasteiger partial charge in [-0.3, -0.25) is 0 Å². The molecular formula is C11H16O2. The molecule has 13 heavy (non-hydrogen) atoms. The molecule has 0 saturated carbocycles. The Morgan fingerprint density at radius 1 is 1.15 bits per heavy atom. The molecule has 1 aromatic carbocycles. The van der Waals surface area contributed by atoms with Crippen molar-refractivity contribution in [2.24, 2.45) is 5.92 Å². The van der Waals surface area contributed by atoms with Gasteiger partial charge < -0.3 is 10.2 Å². The smallest absolute Gasteiger partial charge is 0.0812 e. The number of hydrogen-bond acceptors (Lipinski definition) is 2. The van der Waals surface area contributed by atoms with Crippen LogP contribution in [0.4, 0.5) is 0 Å². The summed E-state index contributed by atoms with van der Waals surface area (Å²) in [6.45, 7) is 4.01. The first-order valence-electron chi connectivity index (χ1n) is 4.53. The van der Waals surface area contributed by atoms with E-state index in [9.17, 15) is 5.11 Å². The number of hydrogen-bond donors (Lipinski definition) is 2. The van der Waals surface area contributed by atoms with Gasteiger partial charge in [0.15, 0.2) is 0 Å². The van der Waals surface area contributed by atoms with Crippen molar-refractivity contribution in [3.63, 3.8) is 0 Å². The highest BCUT2D eigenvalue weighted by Gasteiger charge is 2.10. The Balaban J connectivity index is 2.79. The SMILES string of the molecule is CC(C)C(O)c1ccc(CO)cc1. The van der Waals surface area contributed by atoms with Gasteiger partial charge in [0.25, 0.3) is 0 Å². The van der Waals surface area contributed by atoms with Crippen molar-refractivity contribution in [1.82, 2.24) is 0 Å². The normalized spacial score (nSPS) is 13.3. The molecule has 0 aliphatic carbocycles. The van der Waals surface area contributed by atoms with Gasteiger partial charge in [-0.1, -0.05) is 38.1 Å². The highest BCUT2D eigenvalue weighted by atomic mass is 16.3. The van der Waals surface area contributed by atoms with Crippen LogP contribution < -0.4 is 0 Å². The Bertz CT molecular complexity index is 251. The van der Waals surface area contributed by atoms with E-state index in [2.05, 4.69) is 0 Å². The van der Waals surface area contributed by atoms with Crippen molar-refractivity contribution in [3.8, 4) is 0 Å². The fraction of sp³-hybridized carbons (Fsp3) is 0.455. The summed E-state index contributed by atoms with van der Waals surface area (Å²) in [6.07, 6.45) is -0.409. The molecule has 0 spiro atoms. The summed E-state index contributed by atoms with van der Waals surface area (Å²) in [5.74, 6) is 0.222. The molecule has 1 rings (SSSR count). The van der Waals surface area contributed by atoms with E-state index in [0.717, 1.165) is 11.1 Å². The maximum atomic E-state index is 9.70. The second kappa shape index (κ2) is 4.40. The summed E-state index contributed by atoms with van der Waals surface area (Å²) in [7, 11) is 0. The molecule has 2 N–H and O–H groups in total. The molecule has 2 heteroatoms. The molecule has 0 saturated heterocycles. The lowest BCUT2D eigenvalue weighted by Crippen LogP contribution is -2.05. The molecule has 72 valence electrons. The summed E-state index contributed by atoms with van der Waals surface area (Å²) >= 11 is 0. The molecule has 0 fully saturated rings. The van der Waals surface area contributed by atoms with Crippen molar-refractivity contribution in [3.05, 3.63) is 35.4 Å². The van der Waals surface area contributed by atoms with Gasteiger partial charge in [-0.15, -0.1) is 0 Å². The van der Waals surface area contributed by atoms with Gasteiger partial charge in [0.1, 0.15) is 0 Å². The van der Waals surface area contributed by atoms with Crippen molar-refractivity contribution < 1.29 is 10.2 Å². The molecule has 1 unspecified atom stereocenters. The topological polar surface area (TPSA) is 40.5 Å². The second-order valence-electron chi connectivity index (χ2n) is 3.59. The lowest BCUT2D eigenvalue weighted by atomic mass is 9.98. The Labute approximate surface area is 78.8 Å². The largest absolute Gasteiger partial charge is 0.392 e. The zero-order valence-electron chi connectivity index (χ0n) is 8.07. The molecule has 0 radical (unpaired) electrons.